The Balaban J connectivity index is 1.86. The molecule has 0 aromatic heterocycles. The third kappa shape index (κ3) is 12.3. The van der Waals surface area contributed by atoms with Crippen LogP contribution in [0.3, 0.4) is 0 Å². The molecule has 3 rings (SSSR count). The predicted octanol–water partition coefficient (Wildman–Crippen LogP) is 5.36. The third-order valence-corrected chi connectivity index (χ3v) is 5.75. The molecule has 0 fully saturated rings. The third-order valence-electron chi connectivity index (χ3n) is 5.75. The summed E-state index contributed by atoms with van der Waals surface area (Å²) < 4.78 is 31.2. The number of carbonyl (C=O) groups is 3. The lowest BCUT2D eigenvalue weighted by Crippen LogP contribution is -2.14. The maximum absolute atomic E-state index is 12.9. The summed E-state index contributed by atoms with van der Waals surface area (Å²) in [4.78, 5) is 36.9. The van der Waals surface area contributed by atoms with Crippen LogP contribution in [0.4, 0.5) is 0 Å². The largest absolute Gasteiger partial charge is 0.460 e. The molecule has 0 aliphatic heterocycles. The van der Waals surface area contributed by atoms with Crippen LogP contribution in [0.2, 0.25) is 0 Å². The summed E-state index contributed by atoms with van der Waals surface area (Å²) >= 11 is 0. The van der Waals surface area contributed by atoms with E-state index in [1.54, 1.807) is 94.4 Å². The summed E-state index contributed by atoms with van der Waals surface area (Å²) in [6.45, 7) is 7.28. The van der Waals surface area contributed by atoms with Gasteiger partial charge in [0.15, 0.2) is 0 Å². The molecule has 0 atom stereocenters. The zero-order chi connectivity index (χ0) is 32.6. The summed E-state index contributed by atoms with van der Waals surface area (Å²) in [6.07, 6.45) is 0. The van der Waals surface area contributed by atoms with Gasteiger partial charge in [-0.2, -0.15) is 0 Å². The van der Waals surface area contributed by atoms with Gasteiger partial charge in [-0.3, -0.25) is 9.59 Å². The second-order valence-electron chi connectivity index (χ2n) is 10.3. The highest BCUT2D eigenvalue weighted by molar-refractivity contribution is 5.90. The lowest BCUT2D eigenvalue weighted by molar-refractivity contribution is -0.138. The molecule has 0 amide bonds. The zero-order valence-electron chi connectivity index (χ0n) is 26.0. The predicted molar refractivity (Wildman–Crippen MR) is 166 cm³/mol. The van der Waals surface area contributed by atoms with Crippen molar-refractivity contribution in [3.05, 3.63) is 94.5 Å². The van der Waals surface area contributed by atoms with Crippen molar-refractivity contribution in [2.24, 2.45) is 11.8 Å². The number of methoxy groups -OCH3 is 1. The molecule has 0 heterocycles. The molecule has 0 N–H and O–H groups in total. The van der Waals surface area contributed by atoms with E-state index in [9.17, 15) is 14.4 Å². The average Bonchev–Trinajstić information content (AvgIpc) is 3.02. The molecule has 3 aromatic carbocycles. The molecule has 0 unspecified atom stereocenters. The first-order valence-corrected chi connectivity index (χ1v) is 14.3. The molecule has 0 radical (unpaired) electrons. The molecule has 0 aliphatic carbocycles. The summed E-state index contributed by atoms with van der Waals surface area (Å²) in [7, 11) is 1.50. The number of esters is 3. The second-order valence-corrected chi connectivity index (χ2v) is 10.3. The minimum absolute atomic E-state index is 0.00590. The number of rotatable bonds is 12. The van der Waals surface area contributed by atoms with Crippen molar-refractivity contribution in [3.63, 3.8) is 0 Å². The van der Waals surface area contributed by atoms with Crippen molar-refractivity contribution < 1.29 is 42.8 Å². The van der Waals surface area contributed by atoms with Gasteiger partial charge in [-0.1, -0.05) is 63.5 Å². The van der Waals surface area contributed by atoms with Gasteiger partial charge in [-0.25, -0.2) is 4.79 Å². The van der Waals surface area contributed by atoms with Gasteiger partial charge >= 0.3 is 17.9 Å². The Morgan fingerprint density at radius 1 is 0.622 bits per heavy atom. The fraction of sp³-hybridized carbons (Fsp3) is 0.306. The SMILES string of the molecule is COCOCOCCOC(=O)c1cc(C#Cc2cccc(OC(=O)C(C)C)c2)cc(C#Cc2cccc(OC(=O)C(C)C)c2)c1. The monoisotopic (exact) mass is 612 g/mol. The standard InChI is InChI=1S/C36H36O9/c1-25(2)34(37)44-32-10-6-8-27(21-32)12-14-29-18-30(15-13-28-9-7-11-33(22-28)45-35(38)26(3)4)20-31(19-29)36(39)43-17-16-41-24-42-23-40-5/h6-11,18-22,25-26H,16-17,23-24H2,1-5H3. The second kappa shape index (κ2) is 18.0. The quantitative estimate of drug-likeness (QED) is 0.0879. The van der Waals surface area contributed by atoms with Gasteiger partial charge < -0.3 is 28.4 Å². The Kier molecular flexibility index (Phi) is 13.8. The number of benzene rings is 3. The van der Waals surface area contributed by atoms with Gasteiger partial charge in [-0.15, -0.1) is 0 Å². The molecule has 45 heavy (non-hydrogen) atoms. The Hall–Kier alpha value is -4.93. The molecule has 0 aliphatic rings. The summed E-state index contributed by atoms with van der Waals surface area (Å²) in [5, 5.41) is 0. The highest BCUT2D eigenvalue weighted by Crippen LogP contribution is 2.17. The van der Waals surface area contributed by atoms with Crippen molar-refractivity contribution in [3.8, 4) is 35.2 Å². The fourth-order valence-corrected chi connectivity index (χ4v) is 3.43. The van der Waals surface area contributed by atoms with Gasteiger partial charge in [0.25, 0.3) is 0 Å². The Morgan fingerprint density at radius 2 is 1.13 bits per heavy atom. The van der Waals surface area contributed by atoms with E-state index in [1.807, 2.05) is 0 Å². The first-order chi connectivity index (χ1) is 21.6. The minimum Gasteiger partial charge on any atom is -0.460 e. The van der Waals surface area contributed by atoms with E-state index in [2.05, 4.69) is 23.7 Å². The van der Waals surface area contributed by atoms with Crippen LogP contribution in [0.15, 0.2) is 66.7 Å². The highest BCUT2D eigenvalue weighted by Gasteiger charge is 2.12. The van der Waals surface area contributed by atoms with E-state index in [1.165, 1.54) is 7.11 Å². The summed E-state index contributed by atoms with van der Waals surface area (Å²) in [6, 6.07) is 18.7. The van der Waals surface area contributed by atoms with Crippen molar-refractivity contribution in [2.75, 3.05) is 33.9 Å². The van der Waals surface area contributed by atoms with E-state index in [4.69, 9.17) is 28.4 Å². The molecule has 234 valence electrons. The lowest BCUT2D eigenvalue weighted by Gasteiger charge is -2.08. The van der Waals surface area contributed by atoms with Gasteiger partial charge in [-0.05, 0) is 54.6 Å². The van der Waals surface area contributed by atoms with Crippen LogP contribution in [-0.4, -0.2) is 51.8 Å². The van der Waals surface area contributed by atoms with Gasteiger partial charge in [0, 0.05) is 29.4 Å². The Labute approximate surface area is 263 Å². The highest BCUT2D eigenvalue weighted by atomic mass is 16.7. The first-order valence-electron chi connectivity index (χ1n) is 14.3. The van der Waals surface area contributed by atoms with Crippen molar-refractivity contribution in [1.82, 2.24) is 0 Å². The molecule has 0 bridgehead atoms. The molecular weight excluding hydrogens is 576 g/mol. The molecule has 0 spiro atoms. The zero-order valence-corrected chi connectivity index (χ0v) is 26.0. The summed E-state index contributed by atoms with van der Waals surface area (Å²) in [5.74, 6) is 11.2. The van der Waals surface area contributed by atoms with Crippen LogP contribution in [0.1, 0.15) is 60.3 Å². The Morgan fingerprint density at radius 3 is 1.62 bits per heavy atom. The van der Waals surface area contributed by atoms with Crippen molar-refractivity contribution in [2.45, 2.75) is 27.7 Å². The molecular formula is C36H36O9. The van der Waals surface area contributed by atoms with Crippen LogP contribution >= 0.6 is 0 Å². The topological polar surface area (TPSA) is 107 Å². The molecule has 9 nitrogen and oxygen atoms in total. The average molecular weight is 613 g/mol. The van der Waals surface area contributed by atoms with Gasteiger partial charge in [0.1, 0.15) is 31.7 Å². The van der Waals surface area contributed by atoms with Crippen LogP contribution < -0.4 is 9.47 Å². The van der Waals surface area contributed by atoms with Crippen LogP contribution in [0, 0.1) is 35.5 Å². The van der Waals surface area contributed by atoms with E-state index in [0.29, 0.717) is 33.8 Å². The number of carbonyl (C=O) groups excluding carboxylic acids is 3. The van der Waals surface area contributed by atoms with Crippen molar-refractivity contribution in [1.29, 1.82) is 0 Å². The van der Waals surface area contributed by atoms with Crippen molar-refractivity contribution >= 4 is 17.9 Å². The van der Waals surface area contributed by atoms with E-state index >= 15 is 0 Å². The maximum atomic E-state index is 12.9. The van der Waals surface area contributed by atoms with E-state index in [0.717, 1.165) is 0 Å². The smallest absolute Gasteiger partial charge is 0.338 e. The number of hydrogen-bond donors (Lipinski definition) is 0. The number of ether oxygens (including phenoxy) is 6. The molecule has 0 saturated carbocycles. The normalized spacial score (nSPS) is 10.4. The van der Waals surface area contributed by atoms with E-state index in [-0.39, 0.29) is 56.1 Å². The minimum atomic E-state index is -0.576. The van der Waals surface area contributed by atoms with Gasteiger partial charge in [0.05, 0.1) is 24.0 Å². The molecule has 9 heteroatoms. The fourth-order valence-electron chi connectivity index (χ4n) is 3.43. The van der Waals surface area contributed by atoms with Crippen LogP contribution in [-0.2, 0) is 28.5 Å². The van der Waals surface area contributed by atoms with Crippen LogP contribution in [0.5, 0.6) is 11.5 Å². The number of hydrogen-bond acceptors (Lipinski definition) is 9. The molecule has 3 aromatic rings. The molecule has 0 saturated heterocycles. The van der Waals surface area contributed by atoms with Crippen LogP contribution in [0.25, 0.3) is 0 Å². The van der Waals surface area contributed by atoms with Gasteiger partial charge in [0.2, 0.25) is 0 Å². The first kappa shape index (κ1) is 34.6. The lowest BCUT2D eigenvalue weighted by atomic mass is 10.0. The van der Waals surface area contributed by atoms with E-state index < -0.39 is 5.97 Å². The summed E-state index contributed by atoms with van der Waals surface area (Å²) in [5.41, 5.74) is 2.51. The maximum Gasteiger partial charge on any atom is 0.338 e. The Bertz CT molecular complexity index is 1500.